The van der Waals surface area contributed by atoms with Crippen LogP contribution in [0.15, 0.2) is 35.2 Å². The maximum absolute atomic E-state index is 12.6. The first-order valence-corrected chi connectivity index (χ1v) is 9.53. The van der Waals surface area contributed by atoms with Gasteiger partial charge in [0.05, 0.1) is 10.8 Å². The zero-order valence-corrected chi connectivity index (χ0v) is 15.5. The molecule has 1 aliphatic heterocycles. The number of carbonyl (C=O) groups excluding carboxylic acids is 1. The van der Waals surface area contributed by atoms with Crippen LogP contribution in [0.1, 0.15) is 19.8 Å². The van der Waals surface area contributed by atoms with E-state index in [1.54, 1.807) is 30.3 Å². The second-order valence-corrected chi connectivity index (χ2v) is 7.60. The van der Waals surface area contributed by atoms with Crippen molar-refractivity contribution >= 4 is 28.3 Å². The Morgan fingerprint density at radius 2 is 1.96 bits per heavy atom. The Morgan fingerprint density at radius 3 is 2.62 bits per heavy atom. The van der Waals surface area contributed by atoms with Crippen LogP contribution in [0, 0.1) is 5.92 Å². The first kappa shape index (κ1) is 20.9. The molecule has 2 N–H and O–H groups in total. The summed E-state index contributed by atoms with van der Waals surface area (Å²) in [5.74, 6) is -0.334. The molecule has 24 heavy (non-hydrogen) atoms. The van der Waals surface area contributed by atoms with E-state index in [4.69, 9.17) is 0 Å². The van der Waals surface area contributed by atoms with Crippen molar-refractivity contribution in [2.24, 2.45) is 5.92 Å². The fraction of sp³-hybridized carbons (Fsp3) is 0.562. The number of rotatable bonds is 7. The fourth-order valence-electron chi connectivity index (χ4n) is 2.71. The summed E-state index contributed by atoms with van der Waals surface area (Å²) >= 11 is 0. The third-order valence-corrected chi connectivity index (χ3v) is 5.87. The highest BCUT2D eigenvalue weighted by Crippen LogP contribution is 2.23. The summed E-state index contributed by atoms with van der Waals surface area (Å²) in [6, 6.07) is 8.39. The largest absolute Gasteiger partial charge is 0.355 e. The van der Waals surface area contributed by atoms with Gasteiger partial charge in [0.15, 0.2) is 0 Å². The monoisotopic (exact) mass is 375 g/mol. The minimum atomic E-state index is -3.52. The molecule has 0 saturated carbocycles. The molecule has 1 unspecified atom stereocenters. The zero-order valence-electron chi connectivity index (χ0n) is 13.9. The molecule has 1 atom stereocenters. The van der Waals surface area contributed by atoms with E-state index in [1.807, 2.05) is 6.92 Å². The highest BCUT2D eigenvalue weighted by molar-refractivity contribution is 7.89. The number of hydrogen-bond donors (Lipinski definition) is 2. The van der Waals surface area contributed by atoms with Crippen LogP contribution in [0.4, 0.5) is 0 Å². The van der Waals surface area contributed by atoms with E-state index < -0.39 is 10.0 Å². The number of likely N-dealkylation sites (N-methyl/N-ethyl adjacent to an activating group) is 1. The van der Waals surface area contributed by atoms with Crippen molar-refractivity contribution in [3.8, 4) is 0 Å². The Morgan fingerprint density at radius 1 is 1.25 bits per heavy atom. The molecule has 1 aromatic carbocycles. The van der Waals surface area contributed by atoms with Gasteiger partial charge in [0.1, 0.15) is 0 Å². The average Bonchev–Trinajstić information content (AvgIpc) is 2.59. The van der Waals surface area contributed by atoms with Crippen LogP contribution in [0.3, 0.4) is 0 Å². The van der Waals surface area contributed by atoms with Gasteiger partial charge in [-0.15, -0.1) is 12.4 Å². The lowest BCUT2D eigenvalue weighted by molar-refractivity contribution is -0.126. The molecule has 136 valence electrons. The maximum atomic E-state index is 12.6. The van der Waals surface area contributed by atoms with Crippen molar-refractivity contribution in [1.29, 1.82) is 0 Å². The number of sulfonamides is 1. The van der Waals surface area contributed by atoms with Crippen LogP contribution < -0.4 is 10.6 Å². The predicted molar refractivity (Wildman–Crippen MR) is 96.7 cm³/mol. The summed E-state index contributed by atoms with van der Waals surface area (Å²) in [5.41, 5.74) is 0. The van der Waals surface area contributed by atoms with Gasteiger partial charge in [-0.2, -0.15) is 4.31 Å². The summed E-state index contributed by atoms with van der Waals surface area (Å²) in [5, 5.41) is 6.02. The molecule has 0 spiro atoms. The van der Waals surface area contributed by atoms with Crippen molar-refractivity contribution < 1.29 is 13.2 Å². The van der Waals surface area contributed by atoms with Gasteiger partial charge in [-0.05, 0) is 31.5 Å². The van der Waals surface area contributed by atoms with Gasteiger partial charge in [-0.3, -0.25) is 4.79 Å². The molecule has 2 rings (SSSR count). The average molecular weight is 376 g/mol. The minimum Gasteiger partial charge on any atom is -0.355 e. The van der Waals surface area contributed by atoms with Crippen molar-refractivity contribution in [2.45, 2.75) is 24.7 Å². The van der Waals surface area contributed by atoms with Crippen LogP contribution in [0.25, 0.3) is 0 Å². The Bertz CT molecular complexity index is 610. The van der Waals surface area contributed by atoms with Gasteiger partial charge in [-0.1, -0.05) is 25.1 Å². The Balaban J connectivity index is 0.00000288. The summed E-state index contributed by atoms with van der Waals surface area (Å²) < 4.78 is 26.7. The summed E-state index contributed by atoms with van der Waals surface area (Å²) in [7, 11) is -3.52. The van der Waals surface area contributed by atoms with E-state index in [2.05, 4.69) is 10.6 Å². The molecule has 1 saturated heterocycles. The lowest BCUT2D eigenvalue weighted by atomic mass is 9.99. The third kappa shape index (κ3) is 5.44. The molecule has 1 fully saturated rings. The van der Waals surface area contributed by atoms with E-state index in [1.165, 1.54) is 4.31 Å². The molecule has 1 heterocycles. The molecule has 6 nitrogen and oxygen atoms in total. The number of halogens is 1. The molecule has 1 aromatic rings. The van der Waals surface area contributed by atoms with Gasteiger partial charge >= 0.3 is 0 Å². The molecular weight excluding hydrogens is 350 g/mol. The molecule has 0 aliphatic carbocycles. The smallest absolute Gasteiger partial charge is 0.243 e. The number of piperidine rings is 1. The van der Waals surface area contributed by atoms with Crippen LogP contribution in [0.2, 0.25) is 0 Å². The molecule has 1 amide bonds. The zero-order chi connectivity index (χ0) is 16.7. The van der Waals surface area contributed by atoms with E-state index in [0.717, 1.165) is 19.5 Å². The minimum absolute atomic E-state index is 0. The quantitative estimate of drug-likeness (QED) is 0.703. The highest BCUT2D eigenvalue weighted by Gasteiger charge is 2.32. The Hall–Kier alpha value is -1.15. The van der Waals surface area contributed by atoms with E-state index in [9.17, 15) is 13.2 Å². The standard InChI is InChI=1S/C16H25N3O3S.ClH/c1-2-17-10-11-18-16(20)14-7-6-12-19(13-14)23(21,22)15-8-4-3-5-9-15;/h3-5,8-9,14,17H,2,6-7,10-13H2,1H3,(H,18,20);1H. The van der Waals surface area contributed by atoms with Gasteiger partial charge in [-0.25, -0.2) is 8.42 Å². The Labute approximate surface area is 150 Å². The number of carbonyl (C=O) groups is 1. The fourth-order valence-corrected chi connectivity index (χ4v) is 4.26. The van der Waals surface area contributed by atoms with Crippen LogP contribution in [0.5, 0.6) is 0 Å². The molecule has 0 bridgehead atoms. The first-order valence-electron chi connectivity index (χ1n) is 8.09. The van der Waals surface area contributed by atoms with Crippen molar-refractivity contribution in [3.63, 3.8) is 0 Å². The molecular formula is C16H26ClN3O3S. The third-order valence-electron chi connectivity index (χ3n) is 3.99. The van der Waals surface area contributed by atoms with Crippen LogP contribution >= 0.6 is 12.4 Å². The molecule has 1 aliphatic rings. The van der Waals surface area contributed by atoms with E-state index >= 15 is 0 Å². The van der Waals surface area contributed by atoms with Crippen molar-refractivity contribution in [1.82, 2.24) is 14.9 Å². The predicted octanol–water partition coefficient (Wildman–Crippen LogP) is 1.23. The molecule has 8 heteroatoms. The first-order chi connectivity index (χ1) is 11.1. The topological polar surface area (TPSA) is 78.5 Å². The lowest BCUT2D eigenvalue weighted by Gasteiger charge is -2.31. The van der Waals surface area contributed by atoms with Crippen LogP contribution in [-0.2, 0) is 14.8 Å². The number of benzene rings is 1. The summed E-state index contributed by atoms with van der Waals surface area (Å²) in [4.78, 5) is 12.5. The number of nitrogens with zero attached hydrogens (tertiary/aromatic N) is 1. The van der Waals surface area contributed by atoms with E-state index in [0.29, 0.717) is 19.5 Å². The van der Waals surface area contributed by atoms with Gasteiger partial charge in [0, 0.05) is 26.2 Å². The number of amides is 1. The SMILES string of the molecule is CCNCCNC(=O)C1CCCN(S(=O)(=O)c2ccccc2)C1.Cl. The van der Waals surface area contributed by atoms with Gasteiger partial charge < -0.3 is 10.6 Å². The summed E-state index contributed by atoms with van der Waals surface area (Å²) in [6.45, 7) is 4.88. The normalized spacial score (nSPS) is 18.6. The van der Waals surface area contributed by atoms with Gasteiger partial charge in [0.2, 0.25) is 15.9 Å². The maximum Gasteiger partial charge on any atom is 0.243 e. The van der Waals surface area contributed by atoms with E-state index in [-0.39, 0.29) is 35.7 Å². The number of hydrogen-bond acceptors (Lipinski definition) is 4. The highest BCUT2D eigenvalue weighted by atomic mass is 35.5. The number of nitrogens with one attached hydrogen (secondary N) is 2. The Kier molecular flexibility index (Phi) is 8.69. The van der Waals surface area contributed by atoms with Gasteiger partial charge in [0.25, 0.3) is 0 Å². The second-order valence-electron chi connectivity index (χ2n) is 5.66. The molecule has 0 radical (unpaired) electrons. The summed E-state index contributed by atoms with van der Waals surface area (Å²) in [6.07, 6.45) is 1.44. The van der Waals surface area contributed by atoms with Crippen molar-refractivity contribution in [3.05, 3.63) is 30.3 Å². The van der Waals surface area contributed by atoms with Crippen LogP contribution in [-0.4, -0.2) is 51.4 Å². The second kappa shape index (κ2) is 9.98. The lowest BCUT2D eigenvalue weighted by Crippen LogP contribution is -2.46. The van der Waals surface area contributed by atoms with Crippen molar-refractivity contribution in [2.75, 3.05) is 32.7 Å². The molecule has 0 aromatic heterocycles.